The highest BCUT2D eigenvalue weighted by atomic mass is 16.6. The van der Waals surface area contributed by atoms with Crippen LogP contribution in [-0.4, -0.2) is 50.7 Å². The number of rotatable bonds is 11. The quantitative estimate of drug-likeness (QED) is 0.414. The van der Waals surface area contributed by atoms with E-state index in [4.69, 9.17) is 4.74 Å². The van der Waals surface area contributed by atoms with E-state index in [-0.39, 0.29) is 17.3 Å². The standard InChI is InChI=1S/C24H31N5O4/c1-6-8-13-29(23(32)33-24(3,4)5)16-17-10-9-11-18(14-17)27-22-26-15-19(21(30)31)20(28-22)25-12-7-2/h6-7,9-11,14-15H,1-2,8,12-13,16H2,3-5H3,(H,30,31)(H2,25,26,27,28). The maximum Gasteiger partial charge on any atom is 0.410 e. The highest BCUT2D eigenvalue weighted by molar-refractivity contribution is 5.93. The second-order valence-electron chi connectivity index (χ2n) is 8.24. The summed E-state index contributed by atoms with van der Waals surface area (Å²) in [5, 5.41) is 15.3. The Labute approximate surface area is 194 Å². The van der Waals surface area contributed by atoms with Crippen molar-refractivity contribution in [2.45, 2.75) is 39.3 Å². The van der Waals surface area contributed by atoms with Gasteiger partial charge in [0.1, 0.15) is 17.0 Å². The lowest BCUT2D eigenvalue weighted by atomic mass is 10.2. The van der Waals surface area contributed by atoms with E-state index in [1.807, 2.05) is 45.0 Å². The van der Waals surface area contributed by atoms with E-state index in [1.54, 1.807) is 17.1 Å². The van der Waals surface area contributed by atoms with Crippen LogP contribution in [0.25, 0.3) is 0 Å². The van der Waals surface area contributed by atoms with Crippen molar-refractivity contribution in [1.82, 2.24) is 14.9 Å². The smallest absolute Gasteiger partial charge is 0.410 e. The number of carbonyl (C=O) groups is 2. The molecule has 0 aliphatic rings. The van der Waals surface area contributed by atoms with Crippen molar-refractivity contribution in [3.05, 3.63) is 66.9 Å². The Morgan fingerprint density at radius 3 is 2.64 bits per heavy atom. The van der Waals surface area contributed by atoms with E-state index in [0.29, 0.717) is 31.7 Å². The Morgan fingerprint density at radius 2 is 2.00 bits per heavy atom. The van der Waals surface area contributed by atoms with Crippen molar-refractivity contribution < 1.29 is 19.4 Å². The Kier molecular flexibility index (Phi) is 8.97. The third-order valence-electron chi connectivity index (χ3n) is 4.24. The SMILES string of the molecule is C=CCCN(Cc1cccc(Nc2ncc(C(=O)O)c(NCC=C)n2)c1)C(=O)OC(C)(C)C. The van der Waals surface area contributed by atoms with Crippen LogP contribution >= 0.6 is 0 Å². The minimum Gasteiger partial charge on any atom is -0.477 e. The molecule has 1 heterocycles. The Balaban J connectivity index is 2.20. The lowest BCUT2D eigenvalue weighted by Gasteiger charge is -2.27. The van der Waals surface area contributed by atoms with Gasteiger partial charge in [0.15, 0.2) is 0 Å². The number of benzene rings is 1. The molecule has 0 aliphatic carbocycles. The molecule has 9 heteroatoms. The highest BCUT2D eigenvalue weighted by Crippen LogP contribution is 2.20. The molecule has 176 valence electrons. The number of aromatic carboxylic acids is 1. The number of carboxylic acid groups (broad SMARTS) is 1. The summed E-state index contributed by atoms with van der Waals surface area (Å²) < 4.78 is 5.53. The third kappa shape index (κ3) is 8.29. The monoisotopic (exact) mass is 453 g/mol. The maximum absolute atomic E-state index is 12.6. The largest absolute Gasteiger partial charge is 0.477 e. The van der Waals surface area contributed by atoms with Crippen LogP contribution in [0, 0.1) is 0 Å². The summed E-state index contributed by atoms with van der Waals surface area (Å²) in [6.07, 6.45) is 4.85. The van der Waals surface area contributed by atoms with Crippen LogP contribution < -0.4 is 10.6 Å². The number of nitrogens with zero attached hydrogens (tertiary/aromatic N) is 3. The predicted molar refractivity (Wildman–Crippen MR) is 129 cm³/mol. The number of aromatic nitrogens is 2. The summed E-state index contributed by atoms with van der Waals surface area (Å²) in [5.41, 5.74) is 0.940. The lowest BCUT2D eigenvalue weighted by molar-refractivity contribution is 0.0237. The average Bonchev–Trinajstić information content (AvgIpc) is 2.74. The lowest BCUT2D eigenvalue weighted by Crippen LogP contribution is -2.37. The molecule has 9 nitrogen and oxygen atoms in total. The van der Waals surface area contributed by atoms with Crippen LogP contribution in [0.1, 0.15) is 43.1 Å². The summed E-state index contributed by atoms with van der Waals surface area (Å²) in [4.78, 5) is 34.0. The van der Waals surface area contributed by atoms with E-state index in [9.17, 15) is 14.7 Å². The molecule has 1 aromatic carbocycles. The second-order valence-corrected chi connectivity index (χ2v) is 8.24. The molecule has 3 N–H and O–H groups in total. The van der Waals surface area contributed by atoms with Gasteiger partial charge in [-0.2, -0.15) is 4.98 Å². The van der Waals surface area contributed by atoms with Gasteiger partial charge in [-0.05, 0) is 44.9 Å². The Bertz CT molecular complexity index is 1000. The molecule has 0 fully saturated rings. The molecular formula is C24H31N5O4. The van der Waals surface area contributed by atoms with Gasteiger partial charge < -0.3 is 25.4 Å². The van der Waals surface area contributed by atoms with Crippen molar-refractivity contribution in [1.29, 1.82) is 0 Å². The zero-order valence-corrected chi connectivity index (χ0v) is 19.3. The average molecular weight is 454 g/mol. The minimum absolute atomic E-state index is 0.0358. The topological polar surface area (TPSA) is 117 Å². The zero-order valence-electron chi connectivity index (χ0n) is 19.3. The van der Waals surface area contributed by atoms with E-state index >= 15 is 0 Å². The number of carbonyl (C=O) groups excluding carboxylic acids is 1. The molecule has 2 rings (SSSR count). The van der Waals surface area contributed by atoms with Crippen molar-refractivity contribution in [3.8, 4) is 0 Å². The van der Waals surface area contributed by atoms with Gasteiger partial charge in [0.05, 0.1) is 0 Å². The van der Waals surface area contributed by atoms with E-state index < -0.39 is 17.7 Å². The van der Waals surface area contributed by atoms with Crippen LogP contribution in [0.3, 0.4) is 0 Å². The fourth-order valence-electron chi connectivity index (χ4n) is 2.81. The minimum atomic E-state index is -1.13. The zero-order chi connectivity index (χ0) is 24.4. The van der Waals surface area contributed by atoms with E-state index in [2.05, 4.69) is 33.8 Å². The molecule has 1 amide bonds. The fraction of sp³-hybridized carbons (Fsp3) is 0.333. The molecule has 0 atom stereocenters. The number of carboxylic acids is 1. The molecular weight excluding hydrogens is 422 g/mol. The molecule has 0 aliphatic heterocycles. The second kappa shape index (κ2) is 11.7. The Hall–Kier alpha value is -3.88. The molecule has 0 bridgehead atoms. The summed E-state index contributed by atoms with van der Waals surface area (Å²) in [6, 6.07) is 7.45. The van der Waals surface area contributed by atoms with Crippen LogP contribution in [-0.2, 0) is 11.3 Å². The molecule has 0 saturated heterocycles. The van der Waals surface area contributed by atoms with Gasteiger partial charge in [0.2, 0.25) is 5.95 Å². The van der Waals surface area contributed by atoms with Crippen molar-refractivity contribution in [2.24, 2.45) is 0 Å². The number of hydrogen-bond donors (Lipinski definition) is 3. The van der Waals surface area contributed by atoms with Gasteiger partial charge in [0.25, 0.3) is 0 Å². The van der Waals surface area contributed by atoms with Crippen molar-refractivity contribution in [3.63, 3.8) is 0 Å². The molecule has 0 unspecified atom stereocenters. The first-order chi connectivity index (χ1) is 15.6. The summed E-state index contributed by atoms with van der Waals surface area (Å²) in [7, 11) is 0. The fourth-order valence-corrected chi connectivity index (χ4v) is 2.81. The van der Waals surface area contributed by atoms with Gasteiger partial charge in [0, 0.05) is 31.5 Å². The van der Waals surface area contributed by atoms with Crippen molar-refractivity contribution in [2.75, 3.05) is 23.7 Å². The number of nitrogens with one attached hydrogen (secondary N) is 2. The first kappa shape index (κ1) is 25.4. The van der Waals surface area contributed by atoms with E-state index in [1.165, 1.54) is 6.20 Å². The van der Waals surface area contributed by atoms with Gasteiger partial charge in [-0.15, -0.1) is 13.2 Å². The predicted octanol–water partition coefficient (Wildman–Crippen LogP) is 4.83. The number of hydrogen-bond acceptors (Lipinski definition) is 7. The molecule has 0 spiro atoms. The first-order valence-electron chi connectivity index (χ1n) is 10.5. The van der Waals surface area contributed by atoms with Crippen molar-refractivity contribution >= 4 is 29.5 Å². The number of amides is 1. The van der Waals surface area contributed by atoms with Crippen LogP contribution in [0.4, 0.5) is 22.2 Å². The van der Waals surface area contributed by atoms with Crippen LogP contribution in [0.15, 0.2) is 55.8 Å². The third-order valence-corrected chi connectivity index (χ3v) is 4.24. The summed E-state index contributed by atoms with van der Waals surface area (Å²) in [6.45, 7) is 14.0. The number of ether oxygens (including phenoxy) is 1. The van der Waals surface area contributed by atoms with Gasteiger partial charge in [-0.25, -0.2) is 14.6 Å². The van der Waals surface area contributed by atoms with Crippen LogP contribution in [0.2, 0.25) is 0 Å². The molecule has 1 aromatic heterocycles. The maximum atomic E-state index is 12.6. The summed E-state index contributed by atoms with van der Waals surface area (Å²) >= 11 is 0. The van der Waals surface area contributed by atoms with Gasteiger partial charge in [-0.3, -0.25) is 0 Å². The Morgan fingerprint density at radius 1 is 1.24 bits per heavy atom. The molecule has 0 saturated carbocycles. The van der Waals surface area contributed by atoms with E-state index in [0.717, 1.165) is 5.56 Å². The van der Waals surface area contributed by atoms with Gasteiger partial charge in [-0.1, -0.05) is 24.3 Å². The van der Waals surface area contributed by atoms with Gasteiger partial charge >= 0.3 is 12.1 Å². The molecule has 2 aromatic rings. The summed E-state index contributed by atoms with van der Waals surface area (Å²) in [5.74, 6) is -0.701. The molecule has 0 radical (unpaired) electrons. The molecule has 33 heavy (non-hydrogen) atoms. The normalized spacial score (nSPS) is 10.8. The number of anilines is 3. The first-order valence-corrected chi connectivity index (χ1v) is 10.5. The van der Waals surface area contributed by atoms with Crippen LogP contribution in [0.5, 0.6) is 0 Å². The highest BCUT2D eigenvalue weighted by Gasteiger charge is 2.22.